The first-order valence-electron chi connectivity index (χ1n) is 8.03. The van der Waals surface area contributed by atoms with Gasteiger partial charge in [0.2, 0.25) is 5.91 Å². The molecular formula is C17H17N5OS3. The first-order chi connectivity index (χ1) is 12.6. The van der Waals surface area contributed by atoms with Gasteiger partial charge in [-0.1, -0.05) is 23.9 Å². The van der Waals surface area contributed by atoms with Gasteiger partial charge in [0.15, 0.2) is 4.34 Å². The Bertz CT molecular complexity index is 966. The van der Waals surface area contributed by atoms with Gasteiger partial charge in [0.05, 0.1) is 23.4 Å². The number of amides is 1. The van der Waals surface area contributed by atoms with Gasteiger partial charge in [-0.15, -0.1) is 11.3 Å². The van der Waals surface area contributed by atoms with Gasteiger partial charge in [-0.2, -0.15) is 0 Å². The molecule has 6 nitrogen and oxygen atoms in total. The quantitative estimate of drug-likeness (QED) is 0.615. The van der Waals surface area contributed by atoms with E-state index in [-0.39, 0.29) is 11.2 Å². The summed E-state index contributed by atoms with van der Waals surface area (Å²) in [6, 6.07) is 8.33. The van der Waals surface area contributed by atoms with Crippen LogP contribution in [0.2, 0.25) is 0 Å². The number of carbonyl (C=O) groups excluding carboxylic acids is 1. The van der Waals surface area contributed by atoms with E-state index < -0.39 is 0 Å². The normalized spacial score (nSPS) is 16.8. The maximum absolute atomic E-state index is 11.1. The number of nitrogens with two attached hydrogens (primary N) is 1. The minimum absolute atomic E-state index is 0.136. The van der Waals surface area contributed by atoms with Crippen molar-refractivity contribution in [2.24, 2.45) is 10.7 Å². The first kappa shape index (κ1) is 17.4. The standard InChI is InChI=1S/C17H17N5OS3/c1-22(26-17-19-5-6-24-17)13-4-2-3-10-7-12(21-15(10)13)16-20-9-11(25-16)8-14(18)23/h2-7,11,21H,8-9H2,1H3,(H2,18,23). The summed E-state index contributed by atoms with van der Waals surface area (Å²) >= 11 is 4.84. The number of anilines is 1. The lowest BCUT2D eigenvalue weighted by atomic mass is 10.2. The Balaban J connectivity index is 1.59. The highest BCUT2D eigenvalue weighted by molar-refractivity contribution is 8.15. The molecular weight excluding hydrogens is 386 g/mol. The van der Waals surface area contributed by atoms with Crippen molar-refractivity contribution in [2.75, 3.05) is 17.9 Å². The van der Waals surface area contributed by atoms with Crippen molar-refractivity contribution in [3.63, 3.8) is 0 Å². The predicted octanol–water partition coefficient (Wildman–Crippen LogP) is 3.51. The molecule has 1 unspecified atom stereocenters. The first-order valence-corrected chi connectivity index (χ1v) is 10.6. The van der Waals surface area contributed by atoms with Crippen molar-refractivity contribution in [1.82, 2.24) is 9.97 Å². The summed E-state index contributed by atoms with van der Waals surface area (Å²) in [6.07, 6.45) is 2.17. The van der Waals surface area contributed by atoms with E-state index in [1.807, 2.05) is 24.7 Å². The van der Waals surface area contributed by atoms with Gasteiger partial charge in [-0.05, 0) is 12.1 Å². The van der Waals surface area contributed by atoms with E-state index in [0.717, 1.165) is 31.7 Å². The molecule has 3 N–H and O–H groups in total. The molecule has 0 spiro atoms. The van der Waals surface area contributed by atoms with Crippen molar-refractivity contribution in [2.45, 2.75) is 16.0 Å². The van der Waals surface area contributed by atoms with E-state index in [9.17, 15) is 4.79 Å². The number of benzene rings is 1. The van der Waals surface area contributed by atoms with E-state index in [1.165, 1.54) is 0 Å². The fourth-order valence-corrected chi connectivity index (χ4v) is 5.56. The molecule has 3 aromatic rings. The predicted molar refractivity (Wildman–Crippen MR) is 111 cm³/mol. The fourth-order valence-electron chi connectivity index (χ4n) is 2.84. The molecule has 1 aliphatic rings. The molecule has 1 amide bonds. The van der Waals surface area contributed by atoms with Crippen LogP contribution < -0.4 is 10.0 Å². The van der Waals surface area contributed by atoms with E-state index in [1.54, 1.807) is 35.0 Å². The Morgan fingerprint density at radius 3 is 3.15 bits per heavy atom. The zero-order valence-corrected chi connectivity index (χ0v) is 16.5. The third-order valence-corrected chi connectivity index (χ3v) is 7.00. The number of primary amides is 1. The Morgan fingerprint density at radius 1 is 1.50 bits per heavy atom. The molecule has 26 heavy (non-hydrogen) atoms. The maximum atomic E-state index is 11.1. The molecule has 0 saturated carbocycles. The lowest BCUT2D eigenvalue weighted by Crippen LogP contribution is -2.18. The van der Waals surface area contributed by atoms with Crippen LogP contribution in [0, 0.1) is 0 Å². The third kappa shape index (κ3) is 3.60. The van der Waals surface area contributed by atoms with Gasteiger partial charge < -0.3 is 15.0 Å². The number of para-hydroxylation sites is 1. The average molecular weight is 404 g/mol. The van der Waals surface area contributed by atoms with Crippen molar-refractivity contribution < 1.29 is 4.79 Å². The van der Waals surface area contributed by atoms with Crippen molar-refractivity contribution in [3.8, 4) is 0 Å². The molecule has 134 valence electrons. The number of hydrogen-bond donors (Lipinski definition) is 2. The fraction of sp³-hybridized carbons (Fsp3) is 0.235. The van der Waals surface area contributed by atoms with Gasteiger partial charge in [0.25, 0.3) is 0 Å². The molecule has 0 aliphatic carbocycles. The Hall–Kier alpha value is -1.97. The van der Waals surface area contributed by atoms with E-state index >= 15 is 0 Å². The monoisotopic (exact) mass is 403 g/mol. The number of hydrogen-bond acceptors (Lipinski definition) is 7. The number of aliphatic imine (C=N–C) groups is 1. The molecule has 0 fully saturated rings. The summed E-state index contributed by atoms with van der Waals surface area (Å²) in [5.74, 6) is -0.279. The maximum Gasteiger partial charge on any atom is 0.218 e. The molecule has 1 aromatic carbocycles. The summed E-state index contributed by atoms with van der Waals surface area (Å²) in [5.41, 5.74) is 8.44. The van der Waals surface area contributed by atoms with Gasteiger partial charge in [0.1, 0.15) is 5.04 Å². The average Bonchev–Trinajstić information content (AvgIpc) is 3.33. The number of fused-ring (bicyclic) bond motifs is 1. The lowest BCUT2D eigenvalue weighted by Gasteiger charge is -2.17. The van der Waals surface area contributed by atoms with Crippen LogP contribution in [0.4, 0.5) is 5.69 Å². The number of nitrogens with one attached hydrogen (secondary N) is 1. The zero-order valence-electron chi connectivity index (χ0n) is 14.0. The molecule has 0 saturated heterocycles. The van der Waals surface area contributed by atoms with Gasteiger partial charge >= 0.3 is 0 Å². The molecule has 0 radical (unpaired) electrons. The van der Waals surface area contributed by atoms with Crippen LogP contribution in [0.3, 0.4) is 0 Å². The van der Waals surface area contributed by atoms with Crippen LogP contribution >= 0.6 is 35.0 Å². The second-order valence-electron chi connectivity index (χ2n) is 5.87. The Labute approximate surface area is 163 Å². The molecule has 3 heterocycles. The Morgan fingerprint density at radius 2 is 2.38 bits per heavy atom. The van der Waals surface area contributed by atoms with Gasteiger partial charge in [-0.25, -0.2) is 4.98 Å². The van der Waals surface area contributed by atoms with Gasteiger partial charge in [0, 0.05) is 47.6 Å². The highest BCUT2D eigenvalue weighted by Crippen LogP contribution is 2.35. The van der Waals surface area contributed by atoms with E-state index in [4.69, 9.17) is 5.73 Å². The van der Waals surface area contributed by atoms with Crippen molar-refractivity contribution in [1.29, 1.82) is 0 Å². The van der Waals surface area contributed by atoms with E-state index in [0.29, 0.717) is 13.0 Å². The number of rotatable bonds is 6. The van der Waals surface area contributed by atoms with Crippen LogP contribution in [-0.2, 0) is 4.79 Å². The molecule has 0 bridgehead atoms. The number of aromatic nitrogens is 2. The van der Waals surface area contributed by atoms with Crippen molar-refractivity contribution in [3.05, 3.63) is 41.5 Å². The molecule has 1 atom stereocenters. The summed E-state index contributed by atoms with van der Waals surface area (Å²) < 4.78 is 3.11. The summed E-state index contributed by atoms with van der Waals surface area (Å²) in [6.45, 7) is 0.630. The minimum atomic E-state index is -0.279. The number of nitrogens with zero attached hydrogens (tertiary/aromatic N) is 3. The summed E-state index contributed by atoms with van der Waals surface area (Å²) in [5, 5.41) is 4.18. The number of H-pyrrole nitrogens is 1. The Kier molecular flexibility index (Phi) is 4.92. The van der Waals surface area contributed by atoms with Crippen LogP contribution in [0.1, 0.15) is 12.1 Å². The summed E-state index contributed by atoms with van der Waals surface area (Å²) in [4.78, 5) is 23.5. The number of thioether (sulfide) groups is 1. The zero-order chi connectivity index (χ0) is 18.1. The number of carbonyl (C=O) groups is 1. The second-order valence-corrected chi connectivity index (χ2v) is 9.43. The third-order valence-electron chi connectivity index (χ3n) is 3.97. The molecule has 4 rings (SSSR count). The second kappa shape index (κ2) is 7.34. The van der Waals surface area contributed by atoms with Crippen LogP contribution in [0.25, 0.3) is 10.9 Å². The SMILES string of the molecule is CN(Sc1nccs1)c1cccc2cc(C3=NCC(CC(N)=O)S3)[nH]c12. The van der Waals surface area contributed by atoms with E-state index in [2.05, 4.69) is 37.5 Å². The van der Waals surface area contributed by atoms with Gasteiger partial charge in [-0.3, -0.25) is 9.79 Å². The topological polar surface area (TPSA) is 87.4 Å². The molecule has 1 aliphatic heterocycles. The minimum Gasteiger partial charge on any atom is -0.370 e. The lowest BCUT2D eigenvalue weighted by molar-refractivity contribution is -0.117. The number of thiazole rings is 1. The van der Waals surface area contributed by atoms with Crippen molar-refractivity contribution >= 4 is 62.6 Å². The summed E-state index contributed by atoms with van der Waals surface area (Å²) in [7, 11) is 2.03. The molecule has 2 aromatic heterocycles. The van der Waals surface area contributed by atoms with Crippen LogP contribution in [-0.4, -0.2) is 39.8 Å². The van der Waals surface area contributed by atoms with Crippen LogP contribution in [0.5, 0.6) is 0 Å². The highest BCUT2D eigenvalue weighted by Gasteiger charge is 2.24. The number of aromatic amines is 1. The molecule has 9 heteroatoms. The smallest absolute Gasteiger partial charge is 0.218 e. The highest BCUT2D eigenvalue weighted by atomic mass is 32.2. The largest absolute Gasteiger partial charge is 0.370 e. The van der Waals surface area contributed by atoms with Crippen LogP contribution in [0.15, 0.2) is 45.2 Å².